The zero-order valence-electron chi connectivity index (χ0n) is 10.0. The van der Waals surface area contributed by atoms with E-state index in [1.807, 2.05) is 0 Å². The molecule has 1 saturated carbocycles. The molecule has 2 atom stereocenters. The molecule has 1 N–H and O–H groups in total. The highest BCUT2D eigenvalue weighted by Crippen LogP contribution is 2.35. The van der Waals surface area contributed by atoms with E-state index in [1.54, 1.807) is 0 Å². The summed E-state index contributed by atoms with van der Waals surface area (Å²) in [7, 11) is 0. The molecular weight excluding hydrogens is 188 g/mol. The van der Waals surface area contributed by atoms with Crippen molar-refractivity contribution in [1.82, 2.24) is 10.2 Å². The number of hydrogen-bond acceptors (Lipinski definition) is 3. The normalized spacial score (nSPS) is 30.4. The first-order valence-electron chi connectivity index (χ1n) is 6.42. The fourth-order valence-corrected chi connectivity index (χ4v) is 2.53. The number of nitrogens with one attached hydrogen (secondary N) is 1. The largest absolute Gasteiger partial charge is 0.374 e. The number of ether oxygens (including phenoxy) is 1. The molecule has 15 heavy (non-hydrogen) atoms. The van der Waals surface area contributed by atoms with Crippen molar-refractivity contribution in [2.75, 3.05) is 32.8 Å². The molecule has 0 radical (unpaired) electrons. The van der Waals surface area contributed by atoms with E-state index in [2.05, 4.69) is 24.1 Å². The summed E-state index contributed by atoms with van der Waals surface area (Å²) in [5.41, 5.74) is 0. The highest BCUT2D eigenvalue weighted by Gasteiger charge is 2.38. The standard InChI is InChI=1S/C12H24N2O/c1-3-13-12(10-5-6-10)11-9-14(4-2)7-8-15-11/h10-13H,3-9H2,1-2H3. The lowest BCUT2D eigenvalue weighted by molar-refractivity contribution is -0.0483. The van der Waals surface area contributed by atoms with Gasteiger partial charge in [0.2, 0.25) is 0 Å². The number of nitrogens with zero attached hydrogens (tertiary/aromatic N) is 1. The Hall–Kier alpha value is -0.120. The Kier molecular flexibility index (Phi) is 4.00. The average Bonchev–Trinajstić information content (AvgIpc) is 3.10. The van der Waals surface area contributed by atoms with Crippen LogP contribution in [0.25, 0.3) is 0 Å². The lowest BCUT2D eigenvalue weighted by atomic mass is 10.0. The van der Waals surface area contributed by atoms with Crippen molar-refractivity contribution in [3.63, 3.8) is 0 Å². The molecule has 0 bridgehead atoms. The monoisotopic (exact) mass is 212 g/mol. The summed E-state index contributed by atoms with van der Waals surface area (Å²) in [6.45, 7) is 9.78. The van der Waals surface area contributed by atoms with Gasteiger partial charge in [-0.15, -0.1) is 0 Å². The zero-order valence-corrected chi connectivity index (χ0v) is 10.0. The Morgan fingerprint density at radius 2 is 2.20 bits per heavy atom. The van der Waals surface area contributed by atoms with Crippen molar-refractivity contribution in [1.29, 1.82) is 0 Å². The van der Waals surface area contributed by atoms with Gasteiger partial charge in [-0.3, -0.25) is 4.90 Å². The van der Waals surface area contributed by atoms with Gasteiger partial charge in [0.15, 0.2) is 0 Å². The maximum absolute atomic E-state index is 5.92. The molecule has 2 aliphatic rings. The Balaban J connectivity index is 1.88. The van der Waals surface area contributed by atoms with Crippen LogP contribution in [-0.2, 0) is 4.74 Å². The van der Waals surface area contributed by atoms with E-state index in [0.717, 1.165) is 38.7 Å². The van der Waals surface area contributed by atoms with Crippen molar-refractivity contribution in [2.24, 2.45) is 5.92 Å². The Labute approximate surface area is 93.2 Å². The summed E-state index contributed by atoms with van der Waals surface area (Å²) in [6.07, 6.45) is 3.21. The first-order valence-corrected chi connectivity index (χ1v) is 6.42. The molecule has 2 rings (SSSR count). The van der Waals surface area contributed by atoms with Crippen LogP contribution in [0.3, 0.4) is 0 Å². The van der Waals surface area contributed by atoms with Crippen LogP contribution in [0, 0.1) is 5.92 Å². The first kappa shape index (κ1) is 11.4. The summed E-state index contributed by atoms with van der Waals surface area (Å²) in [4.78, 5) is 2.50. The maximum Gasteiger partial charge on any atom is 0.0857 e. The second-order valence-corrected chi connectivity index (χ2v) is 4.72. The van der Waals surface area contributed by atoms with Crippen LogP contribution in [0.15, 0.2) is 0 Å². The Morgan fingerprint density at radius 3 is 2.80 bits per heavy atom. The number of morpholine rings is 1. The van der Waals surface area contributed by atoms with E-state index >= 15 is 0 Å². The predicted octanol–water partition coefficient (Wildman–Crippen LogP) is 1.10. The van der Waals surface area contributed by atoms with E-state index in [1.165, 1.54) is 12.8 Å². The minimum atomic E-state index is 0.422. The lowest BCUT2D eigenvalue weighted by Gasteiger charge is -2.37. The third kappa shape index (κ3) is 2.92. The average molecular weight is 212 g/mol. The topological polar surface area (TPSA) is 24.5 Å². The molecule has 0 spiro atoms. The second-order valence-electron chi connectivity index (χ2n) is 4.72. The van der Waals surface area contributed by atoms with Crippen molar-refractivity contribution in [2.45, 2.75) is 38.8 Å². The highest BCUT2D eigenvalue weighted by molar-refractivity contribution is 4.93. The molecule has 2 fully saturated rings. The van der Waals surface area contributed by atoms with Crippen LogP contribution < -0.4 is 5.32 Å². The molecule has 3 nitrogen and oxygen atoms in total. The fourth-order valence-electron chi connectivity index (χ4n) is 2.53. The van der Waals surface area contributed by atoms with Crippen molar-refractivity contribution in [3.05, 3.63) is 0 Å². The highest BCUT2D eigenvalue weighted by atomic mass is 16.5. The smallest absolute Gasteiger partial charge is 0.0857 e. The third-order valence-corrected chi connectivity index (χ3v) is 3.60. The second kappa shape index (κ2) is 5.28. The number of rotatable bonds is 5. The van der Waals surface area contributed by atoms with Gasteiger partial charge in [0, 0.05) is 19.1 Å². The molecule has 88 valence electrons. The summed E-state index contributed by atoms with van der Waals surface area (Å²) >= 11 is 0. The van der Waals surface area contributed by atoms with Crippen LogP contribution in [0.2, 0.25) is 0 Å². The predicted molar refractivity (Wildman–Crippen MR) is 62.0 cm³/mol. The molecular formula is C12H24N2O. The molecule has 2 unspecified atom stereocenters. The van der Waals surface area contributed by atoms with Gasteiger partial charge in [0.25, 0.3) is 0 Å². The van der Waals surface area contributed by atoms with Crippen molar-refractivity contribution < 1.29 is 4.74 Å². The van der Waals surface area contributed by atoms with Crippen LogP contribution in [0.5, 0.6) is 0 Å². The molecule has 3 heteroatoms. The molecule has 0 aromatic heterocycles. The fraction of sp³-hybridized carbons (Fsp3) is 1.00. The number of hydrogen-bond donors (Lipinski definition) is 1. The van der Waals surface area contributed by atoms with Crippen LogP contribution >= 0.6 is 0 Å². The maximum atomic E-state index is 5.92. The van der Waals surface area contributed by atoms with Gasteiger partial charge >= 0.3 is 0 Å². The van der Waals surface area contributed by atoms with Gasteiger partial charge in [-0.1, -0.05) is 13.8 Å². The van der Waals surface area contributed by atoms with E-state index < -0.39 is 0 Å². The third-order valence-electron chi connectivity index (χ3n) is 3.60. The first-order chi connectivity index (χ1) is 7.35. The summed E-state index contributed by atoms with van der Waals surface area (Å²) < 4.78 is 5.92. The number of likely N-dealkylation sites (N-methyl/N-ethyl adjacent to an activating group) is 2. The molecule has 1 heterocycles. The van der Waals surface area contributed by atoms with Gasteiger partial charge in [0.05, 0.1) is 12.7 Å². The quantitative estimate of drug-likeness (QED) is 0.738. The minimum Gasteiger partial charge on any atom is -0.374 e. The van der Waals surface area contributed by atoms with Crippen molar-refractivity contribution >= 4 is 0 Å². The van der Waals surface area contributed by atoms with Gasteiger partial charge in [-0.25, -0.2) is 0 Å². The summed E-state index contributed by atoms with van der Waals surface area (Å²) in [5, 5.41) is 3.61. The SMILES string of the molecule is CCNC(C1CC1)C1CN(CC)CCO1. The molecule has 0 aromatic rings. The molecule has 0 aromatic carbocycles. The minimum absolute atomic E-state index is 0.422. The Bertz CT molecular complexity index is 194. The zero-order chi connectivity index (χ0) is 10.7. The van der Waals surface area contributed by atoms with Gasteiger partial charge in [-0.05, 0) is 31.8 Å². The van der Waals surface area contributed by atoms with E-state index in [-0.39, 0.29) is 0 Å². The van der Waals surface area contributed by atoms with Gasteiger partial charge < -0.3 is 10.1 Å². The molecule has 0 amide bonds. The molecule has 1 aliphatic heterocycles. The molecule has 1 saturated heterocycles. The van der Waals surface area contributed by atoms with E-state index in [0.29, 0.717) is 12.1 Å². The van der Waals surface area contributed by atoms with E-state index in [9.17, 15) is 0 Å². The van der Waals surface area contributed by atoms with Crippen LogP contribution in [0.4, 0.5) is 0 Å². The van der Waals surface area contributed by atoms with Gasteiger partial charge in [-0.2, -0.15) is 0 Å². The van der Waals surface area contributed by atoms with Crippen LogP contribution in [0.1, 0.15) is 26.7 Å². The van der Waals surface area contributed by atoms with Crippen molar-refractivity contribution in [3.8, 4) is 0 Å². The lowest BCUT2D eigenvalue weighted by Crippen LogP contribution is -2.53. The molecule has 1 aliphatic carbocycles. The Morgan fingerprint density at radius 1 is 1.40 bits per heavy atom. The summed E-state index contributed by atoms with van der Waals surface area (Å²) in [5.74, 6) is 0.881. The summed E-state index contributed by atoms with van der Waals surface area (Å²) in [6, 6.07) is 0.601. The van der Waals surface area contributed by atoms with Gasteiger partial charge in [0.1, 0.15) is 0 Å². The van der Waals surface area contributed by atoms with Crippen LogP contribution in [-0.4, -0.2) is 49.8 Å². The van der Waals surface area contributed by atoms with E-state index in [4.69, 9.17) is 4.74 Å².